The van der Waals surface area contributed by atoms with Gasteiger partial charge in [-0.3, -0.25) is 4.79 Å². The number of ether oxygens (including phenoxy) is 1. The summed E-state index contributed by atoms with van der Waals surface area (Å²) in [5, 5.41) is 3.11. The molecule has 1 heterocycles. The van der Waals surface area contributed by atoms with Crippen molar-refractivity contribution >= 4 is 5.91 Å². The maximum atomic E-state index is 12.3. The molecule has 2 aliphatic rings. The van der Waals surface area contributed by atoms with Crippen molar-refractivity contribution in [2.75, 3.05) is 26.2 Å². The molecular formula is C20H30N2O2. The number of nitrogens with zero attached hydrogens (tertiary/aromatic N) is 1. The summed E-state index contributed by atoms with van der Waals surface area (Å²) in [7, 11) is 0. The van der Waals surface area contributed by atoms with E-state index in [0.717, 1.165) is 18.3 Å². The zero-order valence-electron chi connectivity index (χ0n) is 14.8. The van der Waals surface area contributed by atoms with E-state index in [2.05, 4.69) is 10.2 Å². The Balaban J connectivity index is 1.40. The molecule has 3 rings (SSSR count). The average Bonchev–Trinajstić information content (AvgIpc) is 3.16. The van der Waals surface area contributed by atoms with Gasteiger partial charge in [0.1, 0.15) is 5.75 Å². The Labute approximate surface area is 145 Å². The van der Waals surface area contributed by atoms with Gasteiger partial charge in [0.2, 0.25) is 0 Å². The highest BCUT2D eigenvalue weighted by Crippen LogP contribution is 2.27. The van der Waals surface area contributed by atoms with Gasteiger partial charge in [0, 0.05) is 18.2 Å². The van der Waals surface area contributed by atoms with E-state index in [4.69, 9.17) is 4.74 Å². The minimum absolute atomic E-state index is 0.0243. The summed E-state index contributed by atoms with van der Waals surface area (Å²) in [6.45, 7) is 5.80. The molecule has 1 aromatic carbocycles. The summed E-state index contributed by atoms with van der Waals surface area (Å²) in [6, 6.07) is 8.23. The third kappa shape index (κ3) is 4.50. The van der Waals surface area contributed by atoms with E-state index >= 15 is 0 Å². The van der Waals surface area contributed by atoms with Gasteiger partial charge in [-0.15, -0.1) is 0 Å². The van der Waals surface area contributed by atoms with Gasteiger partial charge >= 0.3 is 0 Å². The van der Waals surface area contributed by atoms with E-state index in [1.807, 2.05) is 31.2 Å². The molecule has 0 spiro atoms. The number of likely N-dealkylation sites (tertiary alicyclic amines) is 1. The molecule has 1 aliphatic heterocycles. The average molecular weight is 330 g/mol. The number of carbonyl (C=O) groups is 1. The molecule has 1 amide bonds. The SMILES string of the molecule is CCOc1ccc(C(=O)NCC2CCN(C3CCCC3)CC2)cc1. The molecule has 0 aromatic heterocycles. The number of hydrogen-bond acceptors (Lipinski definition) is 3. The van der Waals surface area contributed by atoms with Crippen LogP contribution in [0.3, 0.4) is 0 Å². The topological polar surface area (TPSA) is 41.6 Å². The fraction of sp³-hybridized carbons (Fsp3) is 0.650. The molecule has 0 atom stereocenters. The summed E-state index contributed by atoms with van der Waals surface area (Å²) < 4.78 is 5.41. The Bertz CT molecular complexity index is 515. The minimum Gasteiger partial charge on any atom is -0.494 e. The van der Waals surface area contributed by atoms with E-state index < -0.39 is 0 Å². The van der Waals surface area contributed by atoms with Crippen LogP contribution in [0.5, 0.6) is 5.75 Å². The highest BCUT2D eigenvalue weighted by atomic mass is 16.5. The second-order valence-electron chi connectivity index (χ2n) is 7.09. The van der Waals surface area contributed by atoms with E-state index in [9.17, 15) is 4.79 Å². The van der Waals surface area contributed by atoms with E-state index in [0.29, 0.717) is 18.1 Å². The molecule has 2 fully saturated rings. The maximum Gasteiger partial charge on any atom is 0.251 e. The highest BCUT2D eigenvalue weighted by molar-refractivity contribution is 5.94. The normalized spacial score (nSPS) is 20.2. The first-order chi connectivity index (χ1) is 11.8. The van der Waals surface area contributed by atoms with Crippen molar-refractivity contribution in [1.82, 2.24) is 10.2 Å². The van der Waals surface area contributed by atoms with Gasteiger partial charge in [-0.25, -0.2) is 0 Å². The first-order valence-electron chi connectivity index (χ1n) is 9.51. The van der Waals surface area contributed by atoms with Crippen LogP contribution in [-0.2, 0) is 0 Å². The molecule has 0 radical (unpaired) electrons. The lowest BCUT2D eigenvalue weighted by Crippen LogP contribution is -2.42. The highest BCUT2D eigenvalue weighted by Gasteiger charge is 2.27. The zero-order chi connectivity index (χ0) is 16.8. The monoisotopic (exact) mass is 330 g/mol. The van der Waals surface area contributed by atoms with Gasteiger partial charge in [-0.2, -0.15) is 0 Å². The smallest absolute Gasteiger partial charge is 0.251 e. The molecule has 4 nitrogen and oxygen atoms in total. The minimum atomic E-state index is 0.0243. The predicted molar refractivity (Wildman–Crippen MR) is 96.5 cm³/mol. The van der Waals surface area contributed by atoms with Crippen LogP contribution in [0.15, 0.2) is 24.3 Å². The summed E-state index contributed by atoms with van der Waals surface area (Å²) in [6.07, 6.45) is 8.00. The Morgan fingerprint density at radius 2 is 1.79 bits per heavy atom. The lowest BCUT2D eigenvalue weighted by atomic mass is 9.95. The van der Waals surface area contributed by atoms with Gasteiger partial charge in [0.05, 0.1) is 6.61 Å². The quantitative estimate of drug-likeness (QED) is 0.868. The first kappa shape index (κ1) is 17.3. The second kappa shape index (κ2) is 8.52. The van der Waals surface area contributed by atoms with Crippen LogP contribution in [0.25, 0.3) is 0 Å². The lowest BCUT2D eigenvalue weighted by molar-refractivity contribution is 0.0924. The number of piperidine rings is 1. The molecule has 4 heteroatoms. The Kier molecular flexibility index (Phi) is 6.13. The van der Waals surface area contributed by atoms with Crippen molar-refractivity contribution in [2.45, 2.75) is 51.5 Å². The van der Waals surface area contributed by atoms with Crippen molar-refractivity contribution in [2.24, 2.45) is 5.92 Å². The number of hydrogen-bond donors (Lipinski definition) is 1. The van der Waals surface area contributed by atoms with Crippen LogP contribution in [0.1, 0.15) is 55.8 Å². The molecule has 1 saturated carbocycles. The van der Waals surface area contributed by atoms with E-state index in [1.165, 1.54) is 51.6 Å². The fourth-order valence-electron chi connectivity index (χ4n) is 4.00. The van der Waals surface area contributed by atoms with Gasteiger partial charge in [0.25, 0.3) is 5.91 Å². The Morgan fingerprint density at radius 3 is 2.42 bits per heavy atom. The summed E-state index contributed by atoms with van der Waals surface area (Å²) in [4.78, 5) is 14.9. The zero-order valence-corrected chi connectivity index (χ0v) is 14.8. The summed E-state index contributed by atoms with van der Waals surface area (Å²) in [5.41, 5.74) is 0.710. The van der Waals surface area contributed by atoms with Crippen LogP contribution in [0, 0.1) is 5.92 Å². The summed E-state index contributed by atoms with van der Waals surface area (Å²) in [5.74, 6) is 1.46. The number of amides is 1. The summed E-state index contributed by atoms with van der Waals surface area (Å²) >= 11 is 0. The van der Waals surface area contributed by atoms with Crippen molar-refractivity contribution in [1.29, 1.82) is 0 Å². The van der Waals surface area contributed by atoms with Crippen molar-refractivity contribution < 1.29 is 9.53 Å². The van der Waals surface area contributed by atoms with E-state index in [1.54, 1.807) is 0 Å². The molecule has 132 valence electrons. The number of carbonyl (C=O) groups excluding carboxylic acids is 1. The largest absolute Gasteiger partial charge is 0.494 e. The lowest BCUT2D eigenvalue weighted by Gasteiger charge is -2.36. The van der Waals surface area contributed by atoms with Crippen LogP contribution < -0.4 is 10.1 Å². The standard InChI is InChI=1S/C20H30N2O2/c1-2-24-19-9-7-17(8-10-19)20(23)21-15-16-11-13-22(14-12-16)18-5-3-4-6-18/h7-10,16,18H,2-6,11-15H2,1H3,(H,21,23). The molecule has 0 unspecified atom stereocenters. The first-order valence-corrected chi connectivity index (χ1v) is 9.51. The number of rotatable bonds is 6. The Hall–Kier alpha value is -1.55. The third-order valence-corrected chi connectivity index (χ3v) is 5.47. The third-order valence-electron chi connectivity index (χ3n) is 5.47. The molecule has 1 aliphatic carbocycles. The van der Waals surface area contributed by atoms with Gasteiger partial charge in [-0.1, -0.05) is 12.8 Å². The number of benzene rings is 1. The molecule has 1 aromatic rings. The van der Waals surface area contributed by atoms with Gasteiger partial charge in [-0.05, 0) is 75.9 Å². The van der Waals surface area contributed by atoms with Crippen molar-refractivity contribution in [3.05, 3.63) is 29.8 Å². The van der Waals surface area contributed by atoms with Crippen molar-refractivity contribution in [3.63, 3.8) is 0 Å². The molecule has 1 N–H and O–H groups in total. The van der Waals surface area contributed by atoms with Gasteiger partial charge in [0.15, 0.2) is 0 Å². The second-order valence-corrected chi connectivity index (χ2v) is 7.09. The van der Waals surface area contributed by atoms with E-state index in [-0.39, 0.29) is 5.91 Å². The molecule has 24 heavy (non-hydrogen) atoms. The number of nitrogens with one attached hydrogen (secondary N) is 1. The molecule has 1 saturated heterocycles. The molecular weight excluding hydrogens is 300 g/mol. The maximum absolute atomic E-state index is 12.3. The fourth-order valence-corrected chi connectivity index (χ4v) is 4.00. The van der Waals surface area contributed by atoms with Crippen LogP contribution in [0.4, 0.5) is 0 Å². The van der Waals surface area contributed by atoms with Crippen LogP contribution in [-0.4, -0.2) is 43.1 Å². The van der Waals surface area contributed by atoms with Crippen molar-refractivity contribution in [3.8, 4) is 5.75 Å². The Morgan fingerprint density at radius 1 is 1.12 bits per heavy atom. The van der Waals surface area contributed by atoms with Gasteiger partial charge < -0.3 is 15.0 Å². The predicted octanol–water partition coefficient (Wildman–Crippen LogP) is 3.47. The van der Waals surface area contributed by atoms with Crippen LogP contribution in [0.2, 0.25) is 0 Å². The van der Waals surface area contributed by atoms with Crippen LogP contribution >= 0.6 is 0 Å². The molecule has 0 bridgehead atoms.